The third-order valence-electron chi connectivity index (χ3n) is 1.87. The molecule has 0 aliphatic carbocycles. The Morgan fingerprint density at radius 3 is 2.40 bits per heavy atom. The summed E-state index contributed by atoms with van der Waals surface area (Å²) in [5.41, 5.74) is 6.86. The number of aromatic nitrogens is 1. The lowest BCUT2D eigenvalue weighted by Crippen LogP contribution is -1.95. The van der Waals surface area contributed by atoms with Gasteiger partial charge < -0.3 is 10.2 Å². The number of nitrogens with two attached hydrogens (primary N) is 1. The van der Waals surface area contributed by atoms with Crippen molar-refractivity contribution in [3.05, 3.63) is 40.2 Å². The van der Waals surface area contributed by atoms with Crippen LogP contribution in [0.5, 0.6) is 0 Å². The van der Waals surface area contributed by atoms with Crippen LogP contribution < -0.4 is 5.73 Å². The molecule has 0 spiro atoms. The monoisotopic (exact) mass is 242 g/mol. The smallest absolute Gasteiger partial charge is 0.226 e. The number of hydrogen-bond donors (Lipinski definition) is 1. The molecule has 0 unspecified atom stereocenters. The van der Waals surface area contributed by atoms with Gasteiger partial charge in [-0.15, -0.1) is 0 Å². The van der Waals surface area contributed by atoms with E-state index in [9.17, 15) is 0 Å². The summed E-state index contributed by atoms with van der Waals surface area (Å²) in [6, 6.07) is 5.12. The van der Waals surface area contributed by atoms with Crippen molar-refractivity contribution in [1.82, 2.24) is 4.98 Å². The molecule has 1 aromatic carbocycles. The molecule has 0 radical (unpaired) electrons. The minimum Gasteiger partial charge on any atom is -0.444 e. The van der Waals surface area contributed by atoms with Gasteiger partial charge in [0.05, 0.1) is 5.69 Å². The van der Waals surface area contributed by atoms with Crippen molar-refractivity contribution >= 4 is 23.2 Å². The molecule has 0 amide bonds. The second kappa shape index (κ2) is 4.23. The van der Waals surface area contributed by atoms with E-state index in [2.05, 4.69) is 4.98 Å². The maximum absolute atomic E-state index is 5.86. The quantitative estimate of drug-likeness (QED) is 0.881. The molecular formula is C10H8Cl2N2O. The molecule has 0 aliphatic rings. The summed E-state index contributed by atoms with van der Waals surface area (Å²) in [5, 5.41) is 1.09. The second-order valence-corrected chi connectivity index (χ2v) is 3.88. The Bertz CT molecular complexity index is 462. The van der Waals surface area contributed by atoms with E-state index in [0.717, 1.165) is 5.56 Å². The molecule has 0 saturated heterocycles. The van der Waals surface area contributed by atoms with Crippen LogP contribution in [0.3, 0.4) is 0 Å². The van der Waals surface area contributed by atoms with Gasteiger partial charge in [0, 0.05) is 22.2 Å². The fraction of sp³-hybridized carbons (Fsp3) is 0.100. The summed E-state index contributed by atoms with van der Waals surface area (Å²) < 4.78 is 5.24. The van der Waals surface area contributed by atoms with Gasteiger partial charge in [-0.1, -0.05) is 23.2 Å². The largest absolute Gasteiger partial charge is 0.444 e. The number of halogens is 2. The summed E-state index contributed by atoms with van der Waals surface area (Å²) in [6.07, 6.45) is 1.52. The summed E-state index contributed by atoms with van der Waals surface area (Å²) in [6.45, 7) is 0.345. The molecular weight excluding hydrogens is 235 g/mol. The summed E-state index contributed by atoms with van der Waals surface area (Å²) in [7, 11) is 0. The highest BCUT2D eigenvalue weighted by Gasteiger charge is 2.07. The van der Waals surface area contributed by atoms with Gasteiger partial charge in [-0.2, -0.15) is 0 Å². The molecule has 2 aromatic rings. The Morgan fingerprint density at radius 1 is 1.20 bits per heavy atom. The molecule has 0 bridgehead atoms. The maximum atomic E-state index is 5.86. The van der Waals surface area contributed by atoms with Crippen LogP contribution >= 0.6 is 23.2 Å². The predicted molar refractivity (Wildman–Crippen MR) is 59.9 cm³/mol. The molecule has 0 saturated carbocycles. The Kier molecular flexibility index (Phi) is 2.95. The van der Waals surface area contributed by atoms with E-state index in [1.165, 1.54) is 6.26 Å². The van der Waals surface area contributed by atoms with Gasteiger partial charge in [0.2, 0.25) is 5.89 Å². The minimum atomic E-state index is 0.345. The first-order chi connectivity index (χ1) is 7.19. The van der Waals surface area contributed by atoms with E-state index in [0.29, 0.717) is 28.2 Å². The first-order valence-electron chi connectivity index (χ1n) is 4.30. The van der Waals surface area contributed by atoms with Gasteiger partial charge in [0.1, 0.15) is 6.26 Å². The van der Waals surface area contributed by atoms with Crippen molar-refractivity contribution in [2.45, 2.75) is 6.54 Å². The van der Waals surface area contributed by atoms with Gasteiger partial charge in [-0.3, -0.25) is 0 Å². The highest BCUT2D eigenvalue weighted by atomic mass is 35.5. The molecule has 1 heterocycles. The van der Waals surface area contributed by atoms with Crippen molar-refractivity contribution < 1.29 is 4.42 Å². The first-order valence-corrected chi connectivity index (χ1v) is 5.05. The lowest BCUT2D eigenvalue weighted by Gasteiger charge is -1.97. The van der Waals surface area contributed by atoms with Crippen LogP contribution in [0.1, 0.15) is 5.69 Å². The van der Waals surface area contributed by atoms with Crippen LogP contribution in [-0.4, -0.2) is 4.98 Å². The first kappa shape index (κ1) is 10.5. The Hall–Kier alpha value is -1.03. The fourth-order valence-electron chi connectivity index (χ4n) is 1.21. The number of hydrogen-bond acceptors (Lipinski definition) is 3. The fourth-order valence-corrected chi connectivity index (χ4v) is 1.74. The molecule has 2 rings (SSSR count). The third kappa shape index (κ3) is 2.31. The normalized spacial score (nSPS) is 10.6. The van der Waals surface area contributed by atoms with Crippen molar-refractivity contribution in [3.8, 4) is 11.5 Å². The second-order valence-electron chi connectivity index (χ2n) is 3.01. The van der Waals surface area contributed by atoms with Gasteiger partial charge in [0.15, 0.2) is 0 Å². The van der Waals surface area contributed by atoms with Crippen molar-refractivity contribution in [3.63, 3.8) is 0 Å². The highest BCUT2D eigenvalue weighted by Crippen LogP contribution is 2.26. The van der Waals surface area contributed by atoms with Crippen LogP contribution in [0, 0.1) is 0 Å². The Balaban J connectivity index is 2.44. The standard InChI is InChI=1S/C10H8Cl2N2O/c11-7-1-6(2-8(12)3-7)10-14-9(4-13)5-15-10/h1-3,5H,4,13H2. The Morgan fingerprint density at radius 2 is 1.87 bits per heavy atom. The van der Waals surface area contributed by atoms with Crippen LogP contribution in [0.4, 0.5) is 0 Å². The van der Waals surface area contributed by atoms with E-state index in [1.54, 1.807) is 18.2 Å². The van der Waals surface area contributed by atoms with Crippen molar-refractivity contribution in [1.29, 1.82) is 0 Å². The molecule has 5 heteroatoms. The number of oxazole rings is 1. The van der Waals surface area contributed by atoms with E-state index in [1.807, 2.05) is 0 Å². The average Bonchev–Trinajstić information content (AvgIpc) is 2.64. The summed E-state index contributed by atoms with van der Waals surface area (Å²) in [5.74, 6) is 0.472. The summed E-state index contributed by atoms with van der Waals surface area (Å²) in [4.78, 5) is 4.17. The van der Waals surface area contributed by atoms with E-state index >= 15 is 0 Å². The van der Waals surface area contributed by atoms with Crippen LogP contribution in [0.25, 0.3) is 11.5 Å². The van der Waals surface area contributed by atoms with E-state index in [-0.39, 0.29) is 0 Å². The lowest BCUT2D eigenvalue weighted by atomic mass is 10.2. The van der Waals surface area contributed by atoms with Crippen LogP contribution in [0.15, 0.2) is 28.9 Å². The van der Waals surface area contributed by atoms with Crippen LogP contribution in [0.2, 0.25) is 10.0 Å². The molecule has 0 fully saturated rings. The SMILES string of the molecule is NCc1coc(-c2cc(Cl)cc(Cl)c2)n1. The molecule has 0 atom stereocenters. The zero-order valence-corrected chi connectivity index (χ0v) is 9.22. The van der Waals surface area contributed by atoms with Gasteiger partial charge in [-0.05, 0) is 18.2 Å². The average molecular weight is 243 g/mol. The predicted octanol–water partition coefficient (Wildman–Crippen LogP) is 3.11. The minimum absolute atomic E-state index is 0.345. The van der Waals surface area contributed by atoms with E-state index in [4.69, 9.17) is 33.4 Å². The van der Waals surface area contributed by atoms with Gasteiger partial charge >= 0.3 is 0 Å². The topological polar surface area (TPSA) is 52.0 Å². The van der Waals surface area contributed by atoms with Crippen molar-refractivity contribution in [2.24, 2.45) is 5.73 Å². The van der Waals surface area contributed by atoms with Crippen LogP contribution in [-0.2, 0) is 6.54 Å². The third-order valence-corrected chi connectivity index (χ3v) is 2.31. The van der Waals surface area contributed by atoms with Crippen molar-refractivity contribution in [2.75, 3.05) is 0 Å². The molecule has 0 aliphatic heterocycles. The maximum Gasteiger partial charge on any atom is 0.226 e. The molecule has 1 aromatic heterocycles. The number of rotatable bonds is 2. The van der Waals surface area contributed by atoms with Gasteiger partial charge in [-0.25, -0.2) is 4.98 Å². The summed E-state index contributed by atoms with van der Waals surface area (Å²) >= 11 is 11.7. The van der Waals surface area contributed by atoms with Gasteiger partial charge in [0.25, 0.3) is 0 Å². The zero-order chi connectivity index (χ0) is 10.8. The molecule has 15 heavy (non-hydrogen) atoms. The number of benzene rings is 1. The lowest BCUT2D eigenvalue weighted by molar-refractivity contribution is 0.572. The van der Waals surface area contributed by atoms with E-state index < -0.39 is 0 Å². The molecule has 3 nitrogen and oxygen atoms in total. The Labute approximate surface area is 96.8 Å². The molecule has 2 N–H and O–H groups in total. The molecule has 78 valence electrons. The highest BCUT2D eigenvalue weighted by molar-refractivity contribution is 6.35. The number of nitrogens with zero attached hydrogens (tertiary/aromatic N) is 1. The zero-order valence-electron chi connectivity index (χ0n) is 7.71.